The lowest BCUT2D eigenvalue weighted by Crippen LogP contribution is -2.54. The van der Waals surface area contributed by atoms with Crippen LogP contribution in [0.1, 0.15) is 65.2 Å². The number of fused-ring (bicyclic) bond motifs is 5. The largest absolute Gasteiger partial charge is 0.300 e. The number of hydrogen-bond donors (Lipinski definition) is 0. The van der Waals surface area contributed by atoms with Gasteiger partial charge >= 0.3 is 0 Å². The van der Waals surface area contributed by atoms with Crippen molar-refractivity contribution in [2.75, 3.05) is 0 Å². The third-order valence-corrected chi connectivity index (χ3v) is 8.29. The minimum atomic E-state index is -1.55. The highest BCUT2D eigenvalue weighted by atomic mass is 19.3. The van der Waals surface area contributed by atoms with Crippen molar-refractivity contribution in [1.82, 2.24) is 0 Å². The summed E-state index contributed by atoms with van der Waals surface area (Å²) in [6.07, 6.45) is 3.66. The van der Waals surface area contributed by atoms with Crippen LogP contribution in [0.3, 0.4) is 0 Å². The fraction of sp³-hybridized carbons (Fsp3) is 0.800. The Balaban J connectivity index is 1.79. The van der Waals surface area contributed by atoms with E-state index in [-0.39, 0.29) is 46.2 Å². The molecule has 0 aromatic rings. The lowest BCUT2D eigenvalue weighted by molar-refractivity contribution is -0.138. The summed E-state index contributed by atoms with van der Waals surface area (Å²) in [5.74, 6) is 0.662. The van der Waals surface area contributed by atoms with Crippen LogP contribution in [-0.2, 0) is 9.59 Å². The van der Waals surface area contributed by atoms with Gasteiger partial charge in [-0.3, -0.25) is 9.59 Å². The van der Waals surface area contributed by atoms with Crippen LogP contribution >= 0.6 is 0 Å². The van der Waals surface area contributed by atoms with Crippen LogP contribution in [0.2, 0.25) is 0 Å². The molecule has 0 spiro atoms. The summed E-state index contributed by atoms with van der Waals surface area (Å²) in [5.41, 5.74) is -0.150. The first-order chi connectivity index (χ1) is 11.3. The molecule has 4 fully saturated rings. The zero-order valence-corrected chi connectivity index (χ0v) is 14.5. The Hall–Kier alpha value is -1.06. The lowest BCUT2D eigenvalue weighted by Gasteiger charge is -2.59. The second-order valence-corrected chi connectivity index (χ2v) is 9.09. The molecule has 0 aliphatic heterocycles. The fourth-order valence-electron chi connectivity index (χ4n) is 6.76. The van der Waals surface area contributed by atoms with Crippen molar-refractivity contribution >= 4 is 11.6 Å². The Labute approximate surface area is 142 Å². The molecule has 0 amide bonds. The van der Waals surface area contributed by atoms with E-state index in [0.29, 0.717) is 25.7 Å². The molecule has 0 N–H and O–H groups in total. The minimum Gasteiger partial charge on any atom is -0.300 e. The molecule has 4 aliphatic carbocycles. The van der Waals surface area contributed by atoms with Crippen molar-refractivity contribution in [3.05, 3.63) is 11.7 Å². The van der Waals surface area contributed by atoms with Gasteiger partial charge in [0.2, 0.25) is 0 Å². The first-order valence-corrected chi connectivity index (χ1v) is 9.36. The molecule has 4 rings (SSSR count). The van der Waals surface area contributed by atoms with Crippen molar-refractivity contribution in [3.8, 4) is 0 Å². The van der Waals surface area contributed by atoms with E-state index in [0.717, 1.165) is 25.7 Å². The predicted molar refractivity (Wildman–Crippen MR) is 86.4 cm³/mol. The Morgan fingerprint density at radius 1 is 1.00 bits per heavy atom. The molecule has 0 aromatic heterocycles. The highest BCUT2D eigenvalue weighted by Gasteiger charge is 2.62. The number of halogens is 2. The van der Waals surface area contributed by atoms with Crippen molar-refractivity contribution in [2.24, 2.45) is 34.5 Å². The van der Waals surface area contributed by atoms with Crippen LogP contribution in [0.4, 0.5) is 8.78 Å². The normalized spacial score (nSPS) is 47.9. The van der Waals surface area contributed by atoms with E-state index in [9.17, 15) is 18.4 Å². The molecule has 0 unspecified atom stereocenters. The number of rotatable bonds is 0. The van der Waals surface area contributed by atoms with Gasteiger partial charge in [0, 0.05) is 24.7 Å². The third kappa shape index (κ3) is 2.04. The van der Waals surface area contributed by atoms with Gasteiger partial charge in [-0.2, -0.15) is 8.78 Å². The molecule has 0 saturated heterocycles. The van der Waals surface area contributed by atoms with Crippen LogP contribution in [0.5, 0.6) is 0 Å². The van der Waals surface area contributed by atoms with Gasteiger partial charge in [0.15, 0.2) is 0 Å². The van der Waals surface area contributed by atoms with Crippen LogP contribution in [0.15, 0.2) is 11.7 Å². The molecule has 24 heavy (non-hydrogen) atoms. The van der Waals surface area contributed by atoms with Gasteiger partial charge in [0.05, 0.1) is 0 Å². The summed E-state index contributed by atoms with van der Waals surface area (Å²) in [6, 6.07) is 0. The van der Waals surface area contributed by atoms with Crippen molar-refractivity contribution in [3.63, 3.8) is 0 Å². The first kappa shape index (κ1) is 16.4. The Bertz CT molecular complexity index is 636. The van der Waals surface area contributed by atoms with E-state index < -0.39 is 11.5 Å². The smallest absolute Gasteiger partial charge is 0.269 e. The number of ketones is 2. The molecule has 2 nitrogen and oxygen atoms in total. The summed E-state index contributed by atoms with van der Waals surface area (Å²) >= 11 is 0. The highest BCUT2D eigenvalue weighted by Crippen LogP contribution is 2.66. The number of carbonyl (C=O) groups is 2. The molecule has 0 heterocycles. The summed E-state index contributed by atoms with van der Waals surface area (Å²) < 4.78 is 27.7. The topological polar surface area (TPSA) is 34.1 Å². The fourth-order valence-corrected chi connectivity index (χ4v) is 6.76. The lowest BCUT2D eigenvalue weighted by atomic mass is 9.44. The maximum Gasteiger partial charge on any atom is 0.269 e. The van der Waals surface area contributed by atoms with Crippen LogP contribution in [0, 0.1) is 34.5 Å². The standard InChI is InChI=1S/C20H26F2O2/c1-19-7-5-12(23)9-11(19)10-13(18(21)22)17-14-3-4-16(24)20(14,2)8-6-15(17)19/h11,14-15,17H,3-10H2,1-2H3/t11-,14+,15+,17+,19+,20+/m1/s1. The maximum atomic E-state index is 13.9. The van der Waals surface area contributed by atoms with E-state index in [1.165, 1.54) is 0 Å². The van der Waals surface area contributed by atoms with Gasteiger partial charge in [-0.25, -0.2) is 0 Å². The average Bonchev–Trinajstić information content (AvgIpc) is 2.83. The average molecular weight is 336 g/mol. The van der Waals surface area contributed by atoms with Gasteiger partial charge in [-0.1, -0.05) is 13.8 Å². The summed E-state index contributed by atoms with van der Waals surface area (Å²) in [5, 5.41) is 0. The second kappa shape index (κ2) is 5.22. The van der Waals surface area contributed by atoms with Gasteiger partial charge < -0.3 is 0 Å². The molecule has 4 saturated carbocycles. The predicted octanol–water partition coefficient (Wildman–Crippen LogP) is 4.93. The molecule has 0 bridgehead atoms. The van der Waals surface area contributed by atoms with E-state index >= 15 is 0 Å². The Morgan fingerprint density at radius 3 is 2.46 bits per heavy atom. The quantitative estimate of drug-likeness (QED) is 0.629. The molecule has 132 valence electrons. The number of hydrogen-bond acceptors (Lipinski definition) is 2. The van der Waals surface area contributed by atoms with E-state index in [1.807, 2.05) is 6.92 Å². The summed E-state index contributed by atoms with van der Waals surface area (Å²) in [4.78, 5) is 24.4. The number of Topliss-reactive ketones (excluding diaryl/α,β-unsaturated/α-hetero) is 2. The van der Waals surface area contributed by atoms with Gasteiger partial charge in [-0.15, -0.1) is 0 Å². The maximum absolute atomic E-state index is 13.9. The monoisotopic (exact) mass is 336 g/mol. The Morgan fingerprint density at radius 2 is 1.75 bits per heavy atom. The van der Waals surface area contributed by atoms with Crippen LogP contribution in [-0.4, -0.2) is 11.6 Å². The number of carbonyl (C=O) groups excluding carboxylic acids is 2. The van der Waals surface area contributed by atoms with Crippen LogP contribution in [0.25, 0.3) is 0 Å². The summed E-state index contributed by atoms with van der Waals surface area (Å²) in [7, 11) is 0. The van der Waals surface area contributed by atoms with E-state index in [2.05, 4.69) is 6.92 Å². The molecule has 4 aliphatic rings. The van der Waals surface area contributed by atoms with Crippen molar-refractivity contribution < 1.29 is 18.4 Å². The molecule has 4 heteroatoms. The van der Waals surface area contributed by atoms with Gasteiger partial charge in [-0.05, 0) is 66.8 Å². The van der Waals surface area contributed by atoms with Crippen LogP contribution < -0.4 is 0 Å². The molecular weight excluding hydrogens is 310 g/mol. The van der Waals surface area contributed by atoms with Crippen molar-refractivity contribution in [1.29, 1.82) is 0 Å². The van der Waals surface area contributed by atoms with Gasteiger partial charge in [0.1, 0.15) is 11.6 Å². The zero-order chi connectivity index (χ0) is 17.3. The van der Waals surface area contributed by atoms with Gasteiger partial charge in [0.25, 0.3) is 6.08 Å². The minimum absolute atomic E-state index is 0.0233. The molecular formula is C20H26F2O2. The SMILES string of the molecule is C[C@]12CCC(=O)C[C@@H]1CC(=C(F)F)[C@@H]1[C@@H]2CC[C@]2(C)C(=O)CC[C@@H]12. The number of allylic oxidation sites excluding steroid dienone is 1. The van der Waals surface area contributed by atoms with Crippen molar-refractivity contribution in [2.45, 2.75) is 65.2 Å². The van der Waals surface area contributed by atoms with E-state index in [4.69, 9.17) is 0 Å². The third-order valence-electron chi connectivity index (χ3n) is 8.29. The molecule has 0 radical (unpaired) electrons. The highest BCUT2D eigenvalue weighted by molar-refractivity contribution is 5.87. The summed E-state index contributed by atoms with van der Waals surface area (Å²) in [6.45, 7) is 4.24. The first-order valence-electron chi connectivity index (χ1n) is 9.36. The molecule has 6 atom stereocenters. The second-order valence-electron chi connectivity index (χ2n) is 9.09. The Kier molecular flexibility index (Phi) is 3.57. The zero-order valence-electron chi connectivity index (χ0n) is 14.5. The van der Waals surface area contributed by atoms with E-state index in [1.54, 1.807) is 0 Å². The molecule has 0 aromatic carbocycles.